The van der Waals surface area contributed by atoms with Crippen LogP contribution in [0.3, 0.4) is 0 Å². The molecule has 0 unspecified atom stereocenters. The van der Waals surface area contributed by atoms with Gasteiger partial charge < -0.3 is 10.1 Å². The van der Waals surface area contributed by atoms with Crippen molar-refractivity contribution < 1.29 is 9.53 Å². The van der Waals surface area contributed by atoms with Gasteiger partial charge >= 0.3 is 6.09 Å². The summed E-state index contributed by atoms with van der Waals surface area (Å²) in [5.41, 5.74) is 0.617. The van der Waals surface area contributed by atoms with E-state index in [-0.39, 0.29) is 0 Å². The Balaban J connectivity index is 1.75. The Bertz CT molecular complexity index is 901. The van der Waals surface area contributed by atoms with E-state index >= 15 is 0 Å². The first-order chi connectivity index (χ1) is 12.4. The molecule has 0 saturated heterocycles. The predicted octanol–water partition coefficient (Wildman–Crippen LogP) is 4.94. The van der Waals surface area contributed by atoms with Gasteiger partial charge in [0.15, 0.2) is 0 Å². The normalized spacial score (nSPS) is 12.0. The first-order valence-electron chi connectivity index (χ1n) is 8.81. The molecule has 0 fully saturated rings. The maximum absolute atomic E-state index is 11.7. The monoisotopic (exact) mass is 348 g/mol. The van der Waals surface area contributed by atoms with Gasteiger partial charge in [0.25, 0.3) is 0 Å². The summed E-state index contributed by atoms with van der Waals surface area (Å²) < 4.78 is 5.22. The van der Waals surface area contributed by atoms with Gasteiger partial charge in [0.1, 0.15) is 5.60 Å². The van der Waals surface area contributed by atoms with Crippen LogP contribution in [0.5, 0.6) is 0 Å². The number of carbonyl (C=O) groups excluding carboxylic acids is 1. The lowest BCUT2D eigenvalue weighted by atomic mass is 9.97. The van der Waals surface area contributed by atoms with Gasteiger partial charge in [-0.25, -0.2) is 4.79 Å². The number of rotatable bonds is 4. The third kappa shape index (κ3) is 4.39. The van der Waals surface area contributed by atoms with Gasteiger partial charge in [-0.15, -0.1) is 0 Å². The van der Waals surface area contributed by atoms with Crippen molar-refractivity contribution >= 4 is 33.9 Å². The highest BCUT2D eigenvalue weighted by Crippen LogP contribution is 2.27. The number of nitrogens with zero attached hydrogens (tertiary/aromatic N) is 1. The van der Waals surface area contributed by atoms with E-state index in [1.54, 1.807) is 0 Å². The number of benzene rings is 3. The van der Waals surface area contributed by atoms with Crippen LogP contribution in [-0.2, 0) is 4.74 Å². The van der Waals surface area contributed by atoms with Gasteiger partial charge in [-0.1, -0.05) is 48.5 Å². The molecule has 0 radical (unpaired) electrons. The van der Waals surface area contributed by atoms with Crippen LogP contribution in [0, 0.1) is 0 Å². The molecule has 3 aromatic carbocycles. The van der Waals surface area contributed by atoms with E-state index in [1.165, 1.54) is 21.5 Å². The summed E-state index contributed by atoms with van der Waals surface area (Å²) in [4.78, 5) is 16.2. The topological polar surface area (TPSA) is 50.7 Å². The van der Waals surface area contributed by atoms with E-state index in [2.05, 4.69) is 40.6 Å². The summed E-state index contributed by atoms with van der Waals surface area (Å²) in [6, 6.07) is 18.8. The summed E-state index contributed by atoms with van der Waals surface area (Å²) in [6.45, 7) is 6.47. The van der Waals surface area contributed by atoms with Crippen LogP contribution in [0.15, 0.2) is 59.6 Å². The van der Waals surface area contributed by atoms with Crippen molar-refractivity contribution in [1.82, 2.24) is 5.32 Å². The van der Waals surface area contributed by atoms with Crippen LogP contribution in [0.1, 0.15) is 26.3 Å². The molecule has 0 aliphatic rings. The standard InChI is InChI=1S/C22H24N2O2/c1-22(2,3)26-21(25)24-13-12-23-15-20-18-10-6-4-8-16(18)14-17-9-5-7-11-19(17)20/h4-11,14-15H,12-13H2,1-3H3,(H,24,25)/b23-15+. The minimum Gasteiger partial charge on any atom is -0.444 e. The van der Waals surface area contributed by atoms with Crippen molar-refractivity contribution in [2.45, 2.75) is 26.4 Å². The molecule has 0 bridgehead atoms. The van der Waals surface area contributed by atoms with Crippen molar-refractivity contribution in [3.8, 4) is 0 Å². The van der Waals surface area contributed by atoms with E-state index in [0.29, 0.717) is 13.1 Å². The maximum Gasteiger partial charge on any atom is 0.407 e. The highest BCUT2D eigenvalue weighted by molar-refractivity contribution is 6.13. The van der Waals surface area contributed by atoms with Crippen LogP contribution >= 0.6 is 0 Å². The number of ether oxygens (including phenoxy) is 1. The SMILES string of the molecule is CC(C)(C)OC(=O)NCC/N=C/c1c2ccccc2cc2ccccc12. The average molecular weight is 348 g/mol. The first-order valence-corrected chi connectivity index (χ1v) is 8.81. The minimum atomic E-state index is -0.491. The van der Waals surface area contributed by atoms with Crippen molar-refractivity contribution in [3.05, 3.63) is 60.2 Å². The zero-order chi connectivity index (χ0) is 18.6. The lowest BCUT2D eigenvalue weighted by Crippen LogP contribution is -2.33. The van der Waals surface area contributed by atoms with Crippen molar-refractivity contribution in [2.24, 2.45) is 4.99 Å². The highest BCUT2D eigenvalue weighted by Gasteiger charge is 2.15. The van der Waals surface area contributed by atoms with Gasteiger partial charge in [-0.3, -0.25) is 4.99 Å². The molecular weight excluding hydrogens is 324 g/mol. The molecule has 0 heterocycles. The summed E-state index contributed by atoms with van der Waals surface area (Å²) in [5, 5.41) is 7.46. The molecule has 0 spiro atoms. The zero-order valence-corrected chi connectivity index (χ0v) is 15.5. The molecule has 0 atom stereocenters. The molecule has 3 aromatic rings. The molecule has 0 aliphatic carbocycles. The van der Waals surface area contributed by atoms with Gasteiger partial charge in [-0.2, -0.15) is 0 Å². The summed E-state index contributed by atoms with van der Waals surface area (Å²) >= 11 is 0. The molecule has 3 rings (SSSR count). The van der Waals surface area contributed by atoms with E-state index in [4.69, 9.17) is 4.74 Å². The van der Waals surface area contributed by atoms with E-state index in [1.807, 2.05) is 51.3 Å². The second-order valence-electron chi connectivity index (χ2n) is 7.20. The fraction of sp³-hybridized carbons (Fsp3) is 0.273. The Morgan fingerprint density at radius 1 is 1.04 bits per heavy atom. The number of aliphatic imine (C=N–C) groups is 1. The molecule has 0 saturated carbocycles. The van der Waals surface area contributed by atoms with E-state index in [9.17, 15) is 4.79 Å². The fourth-order valence-electron chi connectivity index (χ4n) is 2.88. The van der Waals surface area contributed by atoms with Crippen molar-refractivity contribution in [2.75, 3.05) is 13.1 Å². The molecule has 1 N–H and O–H groups in total. The van der Waals surface area contributed by atoms with Crippen molar-refractivity contribution in [1.29, 1.82) is 0 Å². The molecular formula is C22H24N2O2. The molecule has 4 nitrogen and oxygen atoms in total. The number of alkyl carbamates (subject to hydrolysis) is 1. The summed E-state index contributed by atoms with van der Waals surface area (Å²) in [6.07, 6.45) is 1.49. The number of nitrogens with one attached hydrogen (secondary N) is 1. The molecule has 4 heteroatoms. The summed E-state index contributed by atoms with van der Waals surface area (Å²) in [7, 11) is 0. The third-order valence-corrected chi connectivity index (χ3v) is 3.94. The van der Waals surface area contributed by atoms with Gasteiger partial charge in [0.05, 0.1) is 6.54 Å². The van der Waals surface area contributed by atoms with Gasteiger partial charge in [-0.05, 0) is 48.4 Å². The maximum atomic E-state index is 11.7. The Hall–Kier alpha value is -2.88. The Kier molecular flexibility index (Phi) is 5.21. The molecule has 26 heavy (non-hydrogen) atoms. The molecule has 134 valence electrons. The number of fused-ring (bicyclic) bond motifs is 2. The van der Waals surface area contributed by atoms with E-state index in [0.717, 1.165) is 5.56 Å². The number of amides is 1. The fourth-order valence-corrected chi connectivity index (χ4v) is 2.88. The smallest absolute Gasteiger partial charge is 0.407 e. The lowest BCUT2D eigenvalue weighted by molar-refractivity contribution is 0.0529. The summed E-state index contributed by atoms with van der Waals surface area (Å²) in [5.74, 6) is 0. The minimum absolute atomic E-state index is 0.414. The average Bonchev–Trinajstić information content (AvgIpc) is 2.59. The van der Waals surface area contributed by atoms with Crippen molar-refractivity contribution in [3.63, 3.8) is 0 Å². The highest BCUT2D eigenvalue weighted by atomic mass is 16.6. The third-order valence-electron chi connectivity index (χ3n) is 3.94. The van der Waals surface area contributed by atoms with Gasteiger partial charge in [0.2, 0.25) is 0 Å². The van der Waals surface area contributed by atoms with Crippen LogP contribution in [0.2, 0.25) is 0 Å². The van der Waals surface area contributed by atoms with Crippen LogP contribution < -0.4 is 5.32 Å². The van der Waals surface area contributed by atoms with Crippen LogP contribution in [-0.4, -0.2) is 31.0 Å². The van der Waals surface area contributed by atoms with E-state index < -0.39 is 11.7 Å². The molecule has 0 aromatic heterocycles. The van der Waals surface area contributed by atoms with Crippen LogP contribution in [0.4, 0.5) is 4.79 Å². The zero-order valence-electron chi connectivity index (χ0n) is 15.5. The Morgan fingerprint density at radius 2 is 1.62 bits per heavy atom. The quantitative estimate of drug-likeness (QED) is 0.412. The predicted molar refractivity (Wildman–Crippen MR) is 108 cm³/mol. The Morgan fingerprint density at radius 3 is 2.19 bits per heavy atom. The second kappa shape index (κ2) is 7.56. The lowest BCUT2D eigenvalue weighted by Gasteiger charge is -2.19. The van der Waals surface area contributed by atoms with Crippen LogP contribution in [0.25, 0.3) is 21.5 Å². The largest absolute Gasteiger partial charge is 0.444 e. The Labute approximate surface area is 153 Å². The van der Waals surface area contributed by atoms with Gasteiger partial charge in [0, 0.05) is 18.3 Å². The second-order valence-corrected chi connectivity index (χ2v) is 7.20. The molecule has 1 amide bonds. The molecule has 0 aliphatic heterocycles. The first kappa shape index (κ1) is 17.9. The number of hydrogen-bond donors (Lipinski definition) is 1. The number of carbonyl (C=O) groups is 1. The number of hydrogen-bond acceptors (Lipinski definition) is 3.